The number of likely N-dealkylation sites (N-methyl/N-ethyl adjacent to an activating group) is 1. The molecule has 0 aliphatic rings. The number of hydrogen-bond acceptors (Lipinski definition) is 7. The number of ether oxygens (including phenoxy) is 2. The first-order valence-electron chi connectivity index (χ1n) is 21.4. The van der Waals surface area contributed by atoms with Gasteiger partial charge < -0.3 is 18.9 Å². The minimum absolute atomic E-state index is 0.0230. The minimum atomic E-state index is -4.38. The molecule has 0 rings (SSSR count). The molecule has 314 valence electrons. The van der Waals surface area contributed by atoms with Crippen molar-refractivity contribution < 1.29 is 42.1 Å². The molecule has 0 fully saturated rings. The van der Waals surface area contributed by atoms with Crippen LogP contribution in [0.3, 0.4) is 0 Å². The van der Waals surface area contributed by atoms with Gasteiger partial charge in [0.15, 0.2) is 6.10 Å². The quantitative estimate of drug-likeness (QED) is 0.0217. The standard InChI is InChI=1S/C44H80NO8P/c1-6-8-10-12-14-16-18-20-21-22-23-25-26-28-30-32-34-36-43(46)50-40-42(41-52-54(48,49)51-39-38-45(3,4)5)53-44(47)37-35-33-31-29-27-24-19-17-15-13-11-9-7-2/h14,16,20-21,23,25,28,30,42H,6-13,15,17-19,22,24,26-27,29,31-41H2,1-5H3/p+1. The third-order valence-electron chi connectivity index (χ3n) is 8.86. The maximum Gasteiger partial charge on any atom is 0.472 e. The number of carbonyl (C=O) groups excluding carboxylic acids is 2. The Kier molecular flexibility index (Phi) is 35.2. The molecule has 0 aliphatic heterocycles. The lowest BCUT2D eigenvalue weighted by molar-refractivity contribution is -0.870. The Balaban J connectivity index is 4.47. The molecule has 0 spiro atoms. The Hall–Kier alpha value is -2.03. The molecule has 1 N–H and O–H groups in total. The minimum Gasteiger partial charge on any atom is -0.462 e. The zero-order valence-electron chi connectivity index (χ0n) is 35.2. The molecular formula is C44H81NO8P+. The predicted molar refractivity (Wildman–Crippen MR) is 224 cm³/mol. The average molecular weight is 783 g/mol. The van der Waals surface area contributed by atoms with Gasteiger partial charge in [-0.2, -0.15) is 0 Å². The summed E-state index contributed by atoms with van der Waals surface area (Å²) in [4.78, 5) is 35.3. The monoisotopic (exact) mass is 783 g/mol. The number of phosphoric acid groups is 1. The van der Waals surface area contributed by atoms with Gasteiger partial charge in [0.2, 0.25) is 0 Å². The molecule has 10 heteroatoms. The highest BCUT2D eigenvalue weighted by atomic mass is 31.2. The van der Waals surface area contributed by atoms with Crippen LogP contribution in [0.25, 0.3) is 0 Å². The highest BCUT2D eigenvalue weighted by molar-refractivity contribution is 7.47. The molecule has 0 heterocycles. The number of esters is 2. The lowest BCUT2D eigenvalue weighted by Crippen LogP contribution is -2.37. The van der Waals surface area contributed by atoms with Crippen LogP contribution in [-0.4, -0.2) is 74.9 Å². The predicted octanol–water partition coefficient (Wildman–Crippen LogP) is 11.9. The molecule has 2 unspecified atom stereocenters. The smallest absolute Gasteiger partial charge is 0.462 e. The molecule has 9 nitrogen and oxygen atoms in total. The number of hydrogen-bond donors (Lipinski definition) is 1. The van der Waals surface area contributed by atoms with Gasteiger partial charge in [-0.1, -0.05) is 152 Å². The molecule has 0 saturated carbocycles. The Morgan fingerprint density at radius 3 is 1.54 bits per heavy atom. The van der Waals surface area contributed by atoms with Crippen molar-refractivity contribution in [1.82, 2.24) is 0 Å². The zero-order chi connectivity index (χ0) is 40.0. The van der Waals surface area contributed by atoms with Crippen LogP contribution in [0.2, 0.25) is 0 Å². The molecule has 0 radical (unpaired) electrons. The highest BCUT2D eigenvalue weighted by Crippen LogP contribution is 2.43. The molecule has 0 aromatic heterocycles. The summed E-state index contributed by atoms with van der Waals surface area (Å²) in [5.41, 5.74) is 0. The van der Waals surface area contributed by atoms with Crippen molar-refractivity contribution in [2.24, 2.45) is 0 Å². The van der Waals surface area contributed by atoms with E-state index >= 15 is 0 Å². The van der Waals surface area contributed by atoms with E-state index in [0.717, 1.165) is 38.5 Å². The molecule has 0 bridgehead atoms. The van der Waals surface area contributed by atoms with E-state index in [0.29, 0.717) is 23.9 Å². The Bertz CT molecular complexity index is 1070. The van der Waals surface area contributed by atoms with Crippen LogP contribution in [0.15, 0.2) is 48.6 Å². The number of carbonyl (C=O) groups is 2. The van der Waals surface area contributed by atoms with E-state index in [1.807, 2.05) is 21.1 Å². The third kappa shape index (κ3) is 39.7. The first-order chi connectivity index (χ1) is 26.0. The summed E-state index contributed by atoms with van der Waals surface area (Å²) in [5, 5.41) is 0. The maximum absolute atomic E-state index is 12.7. The van der Waals surface area contributed by atoms with Crippen molar-refractivity contribution in [3.8, 4) is 0 Å². The van der Waals surface area contributed by atoms with Gasteiger partial charge in [0, 0.05) is 12.8 Å². The number of allylic oxidation sites excluding steroid dienone is 8. The highest BCUT2D eigenvalue weighted by Gasteiger charge is 2.27. The van der Waals surface area contributed by atoms with E-state index in [2.05, 4.69) is 62.5 Å². The summed E-state index contributed by atoms with van der Waals surface area (Å²) in [7, 11) is 1.45. The zero-order valence-corrected chi connectivity index (χ0v) is 36.1. The van der Waals surface area contributed by atoms with Gasteiger partial charge in [-0.3, -0.25) is 18.6 Å². The number of unbranched alkanes of at least 4 members (excludes halogenated alkanes) is 16. The van der Waals surface area contributed by atoms with Crippen molar-refractivity contribution in [2.45, 2.75) is 174 Å². The second-order valence-corrected chi connectivity index (χ2v) is 16.8. The van der Waals surface area contributed by atoms with Gasteiger partial charge in [-0.05, 0) is 51.4 Å². The molecule has 0 saturated heterocycles. The average Bonchev–Trinajstić information content (AvgIpc) is 3.12. The largest absolute Gasteiger partial charge is 0.472 e. The Morgan fingerprint density at radius 1 is 0.574 bits per heavy atom. The first kappa shape index (κ1) is 52.0. The van der Waals surface area contributed by atoms with Crippen molar-refractivity contribution in [3.05, 3.63) is 48.6 Å². The second kappa shape index (κ2) is 36.6. The van der Waals surface area contributed by atoms with E-state index in [-0.39, 0.29) is 26.1 Å². The number of quaternary nitrogens is 1. The molecule has 0 aromatic carbocycles. The fourth-order valence-electron chi connectivity index (χ4n) is 5.48. The summed E-state index contributed by atoms with van der Waals surface area (Å²) in [5.74, 6) is -0.864. The van der Waals surface area contributed by atoms with Crippen molar-refractivity contribution in [1.29, 1.82) is 0 Å². The molecular weight excluding hydrogens is 701 g/mol. The topological polar surface area (TPSA) is 108 Å². The van der Waals surface area contributed by atoms with Gasteiger partial charge in [0.1, 0.15) is 19.8 Å². The molecule has 54 heavy (non-hydrogen) atoms. The summed E-state index contributed by atoms with van der Waals surface area (Å²) in [6.07, 6.45) is 41.6. The van der Waals surface area contributed by atoms with E-state index in [4.69, 9.17) is 18.5 Å². The maximum atomic E-state index is 12.7. The fraction of sp³-hybridized carbons (Fsp3) is 0.773. The Labute approximate surface area is 331 Å². The van der Waals surface area contributed by atoms with Gasteiger partial charge >= 0.3 is 19.8 Å². The first-order valence-corrected chi connectivity index (χ1v) is 22.9. The molecule has 0 aliphatic carbocycles. The van der Waals surface area contributed by atoms with Crippen LogP contribution >= 0.6 is 7.82 Å². The summed E-state index contributed by atoms with van der Waals surface area (Å²) < 4.78 is 34.2. The molecule has 2 atom stereocenters. The number of phosphoric ester groups is 1. The third-order valence-corrected chi connectivity index (χ3v) is 9.85. The van der Waals surface area contributed by atoms with Crippen molar-refractivity contribution in [2.75, 3.05) is 47.5 Å². The summed E-state index contributed by atoms with van der Waals surface area (Å²) >= 11 is 0. The number of nitrogens with zero attached hydrogens (tertiary/aromatic N) is 1. The van der Waals surface area contributed by atoms with Crippen molar-refractivity contribution >= 4 is 19.8 Å². The van der Waals surface area contributed by atoms with E-state index in [1.165, 1.54) is 89.9 Å². The van der Waals surface area contributed by atoms with E-state index in [1.54, 1.807) is 0 Å². The van der Waals surface area contributed by atoms with Crippen molar-refractivity contribution in [3.63, 3.8) is 0 Å². The SMILES string of the molecule is CCCCCC=CCC=CCC=CCC=CCCCC(=O)OCC(COP(=O)(O)OCC[N+](C)(C)C)OC(=O)CCCCCCCCCCCCCCC. The second-order valence-electron chi connectivity index (χ2n) is 15.4. The molecule has 0 amide bonds. The van der Waals surface area contributed by atoms with Crippen LogP contribution in [0.4, 0.5) is 0 Å². The van der Waals surface area contributed by atoms with Gasteiger partial charge in [-0.15, -0.1) is 0 Å². The van der Waals surface area contributed by atoms with Gasteiger partial charge in [0.05, 0.1) is 27.7 Å². The summed E-state index contributed by atoms with van der Waals surface area (Å²) in [6, 6.07) is 0. The number of rotatable bonds is 38. The van der Waals surface area contributed by atoms with Crippen LogP contribution in [-0.2, 0) is 32.7 Å². The van der Waals surface area contributed by atoms with E-state index in [9.17, 15) is 19.0 Å². The van der Waals surface area contributed by atoms with Crippen LogP contribution in [0.5, 0.6) is 0 Å². The van der Waals surface area contributed by atoms with E-state index < -0.39 is 32.5 Å². The lowest BCUT2D eigenvalue weighted by atomic mass is 10.0. The molecule has 0 aromatic rings. The fourth-order valence-corrected chi connectivity index (χ4v) is 6.22. The Morgan fingerprint density at radius 2 is 1.02 bits per heavy atom. The van der Waals surface area contributed by atoms with Crippen LogP contribution in [0.1, 0.15) is 168 Å². The van der Waals surface area contributed by atoms with Crippen LogP contribution < -0.4 is 0 Å². The summed E-state index contributed by atoms with van der Waals surface area (Å²) in [6.45, 7) is 4.32. The van der Waals surface area contributed by atoms with Gasteiger partial charge in [-0.25, -0.2) is 4.57 Å². The normalized spacial score (nSPS) is 14.1. The van der Waals surface area contributed by atoms with Gasteiger partial charge in [0.25, 0.3) is 0 Å². The lowest BCUT2D eigenvalue weighted by Gasteiger charge is -2.24. The van der Waals surface area contributed by atoms with Crippen LogP contribution in [0, 0.1) is 0 Å².